The average molecular weight is 365 g/mol. The Balaban J connectivity index is 2.27. The van der Waals surface area contributed by atoms with E-state index in [0.29, 0.717) is 0 Å². The average Bonchev–Trinajstić information content (AvgIpc) is 2.36. The van der Waals surface area contributed by atoms with Gasteiger partial charge < -0.3 is 5.32 Å². The number of amides is 1. The number of halogens is 1. The largest absolute Gasteiger partial charge is 0.322 e. The van der Waals surface area contributed by atoms with E-state index >= 15 is 0 Å². The fourth-order valence-electron chi connectivity index (χ4n) is 2.04. The standard InChI is InChI=1S/C16H16INO/c1-10-6-4-5-7-14(10)16(19)18-13-8-11(2)15(17)12(3)9-13/h4-9H,1-3H3,(H,18,19). The van der Waals surface area contributed by atoms with Crippen LogP contribution in [0.25, 0.3) is 0 Å². The monoisotopic (exact) mass is 365 g/mol. The summed E-state index contributed by atoms with van der Waals surface area (Å²) in [5, 5.41) is 2.97. The number of carbonyl (C=O) groups is 1. The summed E-state index contributed by atoms with van der Waals surface area (Å²) in [5.74, 6) is -0.0573. The molecule has 0 saturated heterocycles. The van der Waals surface area contributed by atoms with E-state index in [9.17, 15) is 4.79 Å². The molecule has 2 nitrogen and oxygen atoms in total. The second kappa shape index (κ2) is 5.74. The van der Waals surface area contributed by atoms with Gasteiger partial charge in [-0.2, -0.15) is 0 Å². The Bertz CT molecular complexity index is 611. The fourth-order valence-corrected chi connectivity index (χ4v) is 2.36. The van der Waals surface area contributed by atoms with E-state index in [-0.39, 0.29) is 5.91 Å². The Morgan fingerprint density at radius 2 is 1.58 bits per heavy atom. The molecule has 0 radical (unpaired) electrons. The van der Waals surface area contributed by atoms with E-state index < -0.39 is 0 Å². The van der Waals surface area contributed by atoms with Crippen molar-refractivity contribution in [1.82, 2.24) is 0 Å². The van der Waals surface area contributed by atoms with Crippen molar-refractivity contribution < 1.29 is 4.79 Å². The van der Waals surface area contributed by atoms with Gasteiger partial charge in [-0.3, -0.25) is 4.79 Å². The van der Waals surface area contributed by atoms with Crippen LogP contribution in [0, 0.1) is 24.3 Å². The number of benzene rings is 2. The first kappa shape index (κ1) is 14.1. The normalized spacial score (nSPS) is 10.3. The van der Waals surface area contributed by atoms with Crippen molar-refractivity contribution in [2.45, 2.75) is 20.8 Å². The molecule has 0 aliphatic carbocycles. The predicted octanol–water partition coefficient (Wildman–Crippen LogP) is 4.47. The van der Waals surface area contributed by atoms with Crippen LogP contribution >= 0.6 is 22.6 Å². The van der Waals surface area contributed by atoms with Crippen molar-refractivity contribution in [1.29, 1.82) is 0 Å². The van der Waals surface area contributed by atoms with Gasteiger partial charge in [0.25, 0.3) is 5.91 Å². The molecular weight excluding hydrogens is 349 g/mol. The van der Waals surface area contributed by atoms with Crippen LogP contribution in [0.1, 0.15) is 27.0 Å². The van der Waals surface area contributed by atoms with Gasteiger partial charge in [0.2, 0.25) is 0 Å². The van der Waals surface area contributed by atoms with Crippen LogP contribution in [0.15, 0.2) is 36.4 Å². The Morgan fingerprint density at radius 3 is 2.16 bits per heavy atom. The summed E-state index contributed by atoms with van der Waals surface area (Å²) < 4.78 is 1.24. The van der Waals surface area contributed by atoms with Crippen molar-refractivity contribution >= 4 is 34.2 Å². The number of aryl methyl sites for hydroxylation is 3. The number of hydrogen-bond donors (Lipinski definition) is 1. The minimum atomic E-state index is -0.0573. The first-order valence-electron chi connectivity index (χ1n) is 6.13. The molecule has 2 aromatic rings. The zero-order valence-corrected chi connectivity index (χ0v) is 13.4. The molecule has 0 bridgehead atoms. The second-order valence-electron chi connectivity index (χ2n) is 4.69. The third-order valence-electron chi connectivity index (χ3n) is 3.08. The highest BCUT2D eigenvalue weighted by atomic mass is 127. The summed E-state index contributed by atoms with van der Waals surface area (Å²) >= 11 is 2.32. The van der Waals surface area contributed by atoms with E-state index in [2.05, 4.69) is 41.8 Å². The minimum Gasteiger partial charge on any atom is -0.322 e. The van der Waals surface area contributed by atoms with Gasteiger partial charge in [0.15, 0.2) is 0 Å². The zero-order chi connectivity index (χ0) is 14.0. The van der Waals surface area contributed by atoms with Crippen LogP contribution in [0.3, 0.4) is 0 Å². The SMILES string of the molecule is Cc1ccccc1C(=O)Nc1cc(C)c(I)c(C)c1. The zero-order valence-electron chi connectivity index (χ0n) is 11.3. The highest BCUT2D eigenvalue weighted by Gasteiger charge is 2.10. The van der Waals surface area contributed by atoms with Crippen molar-refractivity contribution in [2.75, 3.05) is 5.32 Å². The van der Waals surface area contributed by atoms with Crippen molar-refractivity contribution in [3.8, 4) is 0 Å². The molecular formula is C16H16INO. The van der Waals surface area contributed by atoms with Gasteiger partial charge in [0.05, 0.1) is 0 Å². The lowest BCUT2D eigenvalue weighted by molar-refractivity contribution is 0.102. The third kappa shape index (κ3) is 3.15. The maximum absolute atomic E-state index is 12.2. The molecule has 0 fully saturated rings. The van der Waals surface area contributed by atoms with E-state index in [1.54, 1.807) is 0 Å². The maximum atomic E-state index is 12.2. The van der Waals surface area contributed by atoms with Crippen LogP contribution in [-0.2, 0) is 0 Å². The van der Waals surface area contributed by atoms with Crippen LogP contribution < -0.4 is 5.32 Å². The molecule has 0 saturated carbocycles. The fraction of sp³-hybridized carbons (Fsp3) is 0.188. The molecule has 98 valence electrons. The van der Waals surface area contributed by atoms with E-state index in [1.165, 1.54) is 14.7 Å². The Morgan fingerprint density at radius 1 is 1.00 bits per heavy atom. The predicted molar refractivity (Wildman–Crippen MR) is 87.8 cm³/mol. The van der Waals surface area contributed by atoms with Crippen LogP contribution in [-0.4, -0.2) is 5.91 Å². The smallest absolute Gasteiger partial charge is 0.255 e. The minimum absolute atomic E-state index is 0.0573. The van der Waals surface area contributed by atoms with Gasteiger partial charge in [-0.25, -0.2) is 0 Å². The molecule has 0 unspecified atom stereocenters. The lowest BCUT2D eigenvalue weighted by Gasteiger charge is -2.11. The molecule has 2 aromatic carbocycles. The summed E-state index contributed by atoms with van der Waals surface area (Å²) in [4.78, 5) is 12.2. The van der Waals surface area contributed by atoms with Crippen LogP contribution in [0.2, 0.25) is 0 Å². The van der Waals surface area contributed by atoms with Crippen LogP contribution in [0.5, 0.6) is 0 Å². The molecule has 0 aromatic heterocycles. The summed E-state index contributed by atoms with van der Waals surface area (Å²) in [6.45, 7) is 6.05. The van der Waals surface area contributed by atoms with E-state index in [4.69, 9.17) is 0 Å². The molecule has 0 atom stereocenters. The summed E-state index contributed by atoms with van der Waals surface area (Å²) in [6, 6.07) is 11.6. The number of nitrogens with one attached hydrogen (secondary N) is 1. The highest BCUT2D eigenvalue weighted by Crippen LogP contribution is 2.22. The lowest BCUT2D eigenvalue weighted by Crippen LogP contribution is -2.13. The number of rotatable bonds is 2. The molecule has 19 heavy (non-hydrogen) atoms. The van der Waals surface area contributed by atoms with Crippen molar-refractivity contribution in [3.05, 3.63) is 62.2 Å². The molecule has 3 heteroatoms. The van der Waals surface area contributed by atoms with Gasteiger partial charge in [-0.05, 0) is 78.3 Å². The Kier molecular flexibility index (Phi) is 4.24. The number of anilines is 1. The first-order valence-corrected chi connectivity index (χ1v) is 7.20. The van der Waals surface area contributed by atoms with Crippen LogP contribution in [0.4, 0.5) is 5.69 Å². The molecule has 1 amide bonds. The molecule has 1 N–H and O–H groups in total. The first-order chi connectivity index (χ1) is 8.99. The molecule has 0 aliphatic heterocycles. The van der Waals surface area contributed by atoms with Gasteiger partial charge in [-0.15, -0.1) is 0 Å². The van der Waals surface area contributed by atoms with Gasteiger partial charge in [-0.1, -0.05) is 18.2 Å². The van der Waals surface area contributed by atoms with Gasteiger partial charge in [0, 0.05) is 14.8 Å². The second-order valence-corrected chi connectivity index (χ2v) is 5.77. The molecule has 0 heterocycles. The lowest BCUT2D eigenvalue weighted by atomic mass is 10.1. The highest BCUT2D eigenvalue weighted by molar-refractivity contribution is 14.1. The Labute approximate surface area is 127 Å². The maximum Gasteiger partial charge on any atom is 0.255 e. The summed E-state index contributed by atoms with van der Waals surface area (Å²) in [6.07, 6.45) is 0. The van der Waals surface area contributed by atoms with Crippen molar-refractivity contribution in [2.24, 2.45) is 0 Å². The quantitative estimate of drug-likeness (QED) is 0.782. The van der Waals surface area contributed by atoms with E-state index in [1.807, 2.05) is 43.3 Å². The van der Waals surface area contributed by atoms with Gasteiger partial charge >= 0.3 is 0 Å². The third-order valence-corrected chi connectivity index (χ3v) is 4.79. The topological polar surface area (TPSA) is 29.1 Å². The Hall–Kier alpha value is -1.36. The number of carbonyl (C=O) groups excluding carboxylic acids is 1. The molecule has 2 rings (SSSR count). The summed E-state index contributed by atoms with van der Waals surface area (Å²) in [7, 11) is 0. The molecule has 0 aliphatic rings. The van der Waals surface area contributed by atoms with Gasteiger partial charge in [0.1, 0.15) is 0 Å². The number of hydrogen-bond acceptors (Lipinski definition) is 1. The van der Waals surface area contributed by atoms with Crippen molar-refractivity contribution in [3.63, 3.8) is 0 Å². The van der Waals surface area contributed by atoms with E-state index in [0.717, 1.165) is 16.8 Å². The molecule has 0 spiro atoms. The summed E-state index contributed by atoms with van der Waals surface area (Å²) in [5.41, 5.74) is 4.92.